The molecule has 21 heavy (non-hydrogen) atoms. The number of nitrogens with one attached hydrogen (secondary N) is 2. The van der Waals surface area contributed by atoms with E-state index in [1.165, 1.54) is 10.9 Å². The van der Waals surface area contributed by atoms with Gasteiger partial charge in [0.25, 0.3) is 0 Å². The van der Waals surface area contributed by atoms with Crippen LogP contribution in [0.2, 0.25) is 0 Å². The predicted molar refractivity (Wildman–Crippen MR) is 87.2 cm³/mol. The van der Waals surface area contributed by atoms with E-state index in [0.29, 0.717) is 6.54 Å². The van der Waals surface area contributed by atoms with Gasteiger partial charge in [0.05, 0.1) is 0 Å². The van der Waals surface area contributed by atoms with Crippen molar-refractivity contribution >= 4 is 16.8 Å². The van der Waals surface area contributed by atoms with E-state index in [0.717, 1.165) is 38.0 Å². The molecule has 0 unspecified atom stereocenters. The maximum atomic E-state index is 11.9. The summed E-state index contributed by atoms with van der Waals surface area (Å²) in [6.07, 6.45) is 4.08. The Bertz CT molecular complexity index is 589. The van der Waals surface area contributed by atoms with Crippen molar-refractivity contribution < 1.29 is 4.79 Å². The van der Waals surface area contributed by atoms with Crippen molar-refractivity contribution in [3.8, 4) is 0 Å². The topological polar surface area (TPSA) is 46.1 Å². The fourth-order valence-electron chi connectivity index (χ4n) is 2.36. The maximum absolute atomic E-state index is 11.9. The van der Waals surface area contributed by atoms with E-state index in [-0.39, 0.29) is 5.91 Å². The average molecular weight is 287 g/mol. The van der Waals surface area contributed by atoms with Crippen molar-refractivity contribution in [1.29, 1.82) is 0 Å². The molecule has 1 aromatic carbocycles. The molecule has 0 bridgehead atoms. The first-order valence-electron chi connectivity index (χ1n) is 7.79. The molecule has 0 saturated heterocycles. The normalized spacial score (nSPS) is 11.0. The minimum atomic E-state index is 0.0730. The smallest absolute Gasteiger partial charge is 0.239 e. The molecule has 0 saturated carbocycles. The molecular weight excluding hydrogens is 262 g/mol. The molecule has 114 valence electrons. The summed E-state index contributed by atoms with van der Waals surface area (Å²) < 4.78 is 2.02. The van der Waals surface area contributed by atoms with Crippen LogP contribution in [0.15, 0.2) is 30.5 Å². The van der Waals surface area contributed by atoms with Gasteiger partial charge in [-0.25, -0.2) is 0 Å². The van der Waals surface area contributed by atoms with Gasteiger partial charge in [0.1, 0.15) is 6.54 Å². The second-order valence-electron chi connectivity index (χ2n) is 5.36. The second kappa shape index (κ2) is 7.84. The zero-order valence-corrected chi connectivity index (χ0v) is 13.0. The van der Waals surface area contributed by atoms with Crippen LogP contribution in [0.1, 0.15) is 32.3 Å². The summed E-state index contributed by atoms with van der Waals surface area (Å²) in [7, 11) is 0. The number of benzene rings is 1. The van der Waals surface area contributed by atoms with Gasteiger partial charge in [-0.1, -0.05) is 26.0 Å². The summed E-state index contributed by atoms with van der Waals surface area (Å²) in [6.45, 7) is 7.24. The van der Waals surface area contributed by atoms with E-state index < -0.39 is 0 Å². The van der Waals surface area contributed by atoms with Crippen LogP contribution in [0.5, 0.6) is 0 Å². The Morgan fingerprint density at radius 2 is 1.95 bits per heavy atom. The third kappa shape index (κ3) is 4.33. The lowest BCUT2D eigenvalue weighted by Gasteiger charge is -2.08. The number of rotatable bonds is 8. The summed E-state index contributed by atoms with van der Waals surface area (Å²) in [4.78, 5) is 11.9. The second-order valence-corrected chi connectivity index (χ2v) is 5.36. The Kier molecular flexibility index (Phi) is 5.81. The van der Waals surface area contributed by atoms with Gasteiger partial charge in [0.15, 0.2) is 0 Å². The highest BCUT2D eigenvalue weighted by molar-refractivity contribution is 5.83. The van der Waals surface area contributed by atoms with Gasteiger partial charge in [-0.15, -0.1) is 0 Å². The van der Waals surface area contributed by atoms with Crippen LogP contribution in [0.3, 0.4) is 0 Å². The molecule has 0 aliphatic heterocycles. The molecule has 1 aromatic heterocycles. The number of nitrogens with zero attached hydrogens (tertiary/aromatic N) is 1. The maximum Gasteiger partial charge on any atom is 0.239 e. The highest BCUT2D eigenvalue weighted by atomic mass is 16.1. The standard InChI is InChI=1S/C17H25N3O/c1-3-8-18-12-14-5-6-15-7-10-20(16(15)11-14)13-17(21)19-9-4-2/h5-7,10-11,18H,3-4,8-9,12-13H2,1-2H3,(H,19,21). The van der Waals surface area contributed by atoms with Crippen molar-refractivity contribution in [2.75, 3.05) is 13.1 Å². The molecule has 0 atom stereocenters. The fraction of sp³-hybridized carbons (Fsp3) is 0.471. The zero-order chi connectivity index (χ0) is 15.1. The molecule has 2 aromatic rings. The molecule has 4 heteroatoms. The minimum absolute atomic E-state index is 0.0730. The van der Waals surface area contributed by atoms with Gasteiger partial charge in [0, 0.05) is 24.8 Å². The Labute approximate surface area is 126 Å². The molecule has 0 radical (unpaired) electrons. The van der Waals surface area contributed by atoms with Crippen LogP contribution in [0.25, 0.3) is 10.9 Å². The number of aromatic nitrogens is 1. The van der Waals surface area contributed by atoms with Crippen molar-refractivity contribution in [3.63, 3.8) is 0 Å². The van der Waals surface area contributed by atoms with Crippen molar-refractivity contribution in [3.05, 3.63) is 36.0 Å². The van der Waals surface area contributed by atoms with Crippen LogP contribution >= 0.6 is 0 Å². The molecule has 0 aliphatic rings. The largest absolute Gasteiger partial charge is 0.355 e. The molecule has 2 N–H and O–H groups in total. The van der Waals surface area contributed by atoms with Crippen LogP contribution < -0.4 is 10.6 Å². The van der Waals surface area contributed by atoms with Crippen molar-refractivity contribution in [2.24, 2.45) is 0 Å². The lowest BCUT2D eigenvalue weighted by atomic mass is 10.1. The number of carbonyl (C=O) groups excluding carboxylic acids is 1. The Balaban J connectivity index is 2.09. The minimum Gasteiger partial charge on any atom is -0.355 e. The summed E-state index contributed by atoms with van der Waals surface area (Å²) >= 11 is 0. The fourth-order valence-corrected chi connectivity index (χ4v) is 2.36. The molecule has 4 nitrogen and oxygen atoms in total. The van der Waals surface area contributed by atoms with E-state index in [1.54, 1.807) is 0 Å². The highest BCUT2D eigenvalue weighted by Gasteiger charge is 2.06. The summed E-state index contributed by atoms with van der Waals surface area (Å²) in [5.74, 6) is 0.0730. The summed E-state index contributed by atoms with van der Waals surface area (Å²) in [5.41, 5.74) is 2.38. The molecule has 2 rings (SSSR count). The van der Waals surface area contributed by atoms with Crippen LogP contribution in [0, 0.1) is 0 Å². The number of amides is 1. The van der Waals surface area contributed by atoms with E-state index in [9.17, 15) is 4.79 Å². The average Bonchev–Trinajstić information content (AvgIpc) is 2.88. The Morgan fingerprint density at radius 3 is 2.71 bits per heavy atom. The van der Waals surface area contributed by atoms with Gasteiger partial charge in [-0.3, -0.25) is 4.79 Å². The zero-order valence-electron chi connectivity index (χ0n) is 13.0. The number of hydrogen-bond donors (Lipinski definition) is 2. The van der Waals surface area contributed by atoms with E-state index >= 15 is 0 Å². The van der Waals surface area contributed by atoms with Crippen LogP contribution in [-0.2, 0) is 17.9 Å². The number of fused-ring (bicyclic) bond motifs is 1. The molecule has 0 fully saturated rings. The van der Waals surface area contributed by atoms with Gasteiger partial charge in [-0.05, 0) is 42.5 Å². The lowest BCUT2D eigenvalue weighted by Crippen LogP contribution is -2.27. The van der Waals surface area contributed by atoms with Gasteiger partial charge in [0.2, 0.25) is 5.91 Å². The predicted octanol–water partition coefficient (Wildman–Crippen LogP) is 2.67. The number of hydrogen-bond acceptors (Lipinski definition) is 2. The van der Waals surface area contributed by atoms with E-state index in [4.69, 9.17) is 0 Å². The van der Waals surface area contributed by atoms with Gasteiger partial charge < -0.3 is 15.2 Å². The Hall–Kier alpha value is -1.81. The summed E-state index contributed by atoms with van der Waals surface area (Å²) in [5, 5.41) is 7.51. The first kappa shape index (κ1) is 15.6. The summed E-state index contributed by atoms with van der Waals surface area (Å²) in [6, 6.07) is 8.50. The lowest BCUT2D eigenvalue weighted by molar-refractivity contribution is -0.121. The van der Waals surface area contributed by atoms with E-state index in [2.05, 4.69) is 48.7 Å². The van der Waals surface area contributed by atoms with Crippen molar-refractivity contribution in [1.82, 2.24) is 15.2 Å². The third-order valence-electron chi connectivity index (χ3n) is 3.48. The molecule has 1 heterocycles. The third-order valence-corrected chi connectivity index (χ3v) is 3.48. The highest BCUT2D eigenvalue weighted by Crippen LogP contribution is 2.17. The SMILES string of the molecule is CCCNCc1ccc2ccn(CC(=O)NCCC)c2c1. The molecule has 0 aliphatic carbocycles. The first-order chi connectivity index (χ1) is 10.2. The number of carbonyl (C=O) groups is 1. The Morgan fingerprint density at radius 1 is 1.14 bits per heavy atom. The van der Waals surface area contributed by atoms with Crippen molar-refractivity contribution in [2.45, 2.75) is 39.8 Å². The van der Waals surface area contributed by atoms with Crippen LogP contribution in [0.4, 0.5) is 0 Å². The molecule has 0 spiro atoms. The monoisotopic (exact) mass is 287 g/mol. The molecular formula is C17H25N3O. The van der Waals surface area contributed by atoms with Gasteiger partial charge in [-0.2, -0.15) is 0 Å². The first-order valence-corrected chi connectivity index (χ1v) is 7.79. The van der Waals surface area contributed by atoms with E-state index in [1.807, 2.05) is 10.8 Å². The quantitative estimate of drug-likeness (QED) is 0.733. The molecule has 1 amide bonds. The van der Waals surface area contributed by atoms with Gasteiger partial charge >= 0.3 is 0 Å². The van der Waals surface area contributed by atoms with Crippen LogP contribution in [-0.4, -0.2) is 23.6 Å².